The molecule has 0 saturated carbocycles. The number of nitrogens with zero attached hydrogens (tertiary/aromatic N) is 3. The zero-order valence-corrected chi connectivity index (χ0v) is 18.3. The first kappa shape index (κ1) is 23.5. The Kier molecular flexibility index (Phi) is 6.17. The fraction of sp³-hybridized carbons (Fsp3) is 0.0476. The van der Waals surface area contributed by atoms with Gasteiger partial charge in [0.15, 0.2) is 11.5 Å². The molecule has 0 aliphatic carbocycles. The number of benzene rings is 2. The van der Waals surface area contributed by atoms with Crippen LogP contribution in [0.1, 0.15) is 26.5 Å². The molecule has 2 aromatic carbocycles. The summed E-state index contributed by atoms with van der Waals surface area (Å²) in [4.78, 5) is 29.5. The monoisotopic (exact) mass is 508 g/mol. The van der Waals surface area contributed by atoms with Crippen LogP contribution in [0, 0.1) is 0 Å². The number of hydrogen-bond acceptors (Lipinski definition) is 5. The highest BCUT2D eigenvalue weighted by atomic mass is 35.5. The molecular formula is C21H13Cl2F3N6O2. The van der Waals surface area contributed by atoms with Gasteiger partial charge in [-0.1, -0.05) is 47.5 Å². The van der Waals surface area contributed by atoms with Crippen molar-refractivity contribution in [3.8, 4) is 5.82 Å². The molecule has 2 aromatic heterocycles. The van der Waals surface area contributed by atoms with Crippen molar-refractivity contribution in [1.29, 1.82) is 0 Å². The molecule has 0 atom stereocenters. The van der Waals surface area contributed by atoms with Gasteiger partial charge < -0.3 is 5.32 Å². The minimum absolute atomic E-state index is 0.0111. The second-order valence-corrected chi connectivity index (χ2v) is 7.68. The molecule has 4 rings (SSSR count). The lowest BCUT2D eigenvalue weighted by atomic mass is 10.0. The number of anilines is 1. The molecule has 4 aromatic rings. The van der Waals surface area contributed by atoms with Gasteiger partial charge in [0, 0.05) is 17.6 Å². The van der Waals surface area contributed by atoms with Gasteiger partial charge in [0.25, 0.3) is 11.8 Å². The summed E-state index contributed by atoms with van der Waals surface area (Å²) in [6, 6.07) is 11.6. The van der Waals surface area contributed by atoms with Crippen molar-refractivity contribution in [3.63, 3.8) is 0 Å². The lowest BCUT2D eigenvalue weighted by molar-refractivity contribution is -0.141. The van der Waals surface area contributed by atoms with Crippen molar-refractivity contribution in [3.05, 3.63) is 81.7 Å². The predicted molar refractivity (Wildman–Crippen MR) is 120 cm³/mol. The molecular weight excluding hydrogens is 496 g/mol. The number of alkyl halides is 3. The molecule has 2 amide bonds. The second kappa shape index (κ2) is 8.93. The van der Waals surface area contributed by atoms with E-state index >= 15 is 0 Å². The molecule has 4 N–H and O–H groups in total. The van der Waals surface area contributed by atoms with Gasteiger partial charge in [-0.3, -0.25) is 15.0 Å². The molecule has 174 valence electrons. The van der Waals surface area contributed by atoms with Gasteiger partial charge in [-0.15, -0.1) is 0 Å². The quantitative estimate of drug-likeness (QED) is 0.211. The van der Waals surface area contributed by atoms with Crippen LogP contribution in [0.2, 0.25) is 10.0 Å². The highest BCUT2D eigenvalue weighted by molar-refractivity contribution is 6.40. The number of hydrazine groups is 1. The molecule has 34 heavy (non-hydrogen) atoms. The van der Waals surface area contributed by atoms with Crippen molar-refractivity contribution in [1.82, 2.24) is 20.2 Å². The second-order valence-electron chi connectivity index (χ2n) is 6.90. The lowest BCUT2D eigenvalue weighted by Crippen LogP contribution is -2.31. The number of nitrogens with one attached hydrogen (secondary N) is 2. The molecule has 0 spiro atoms. The maximum atomic E-state index is 13.4. The van der Waals surface area contributed by atoms with E-state index in [4.69, 9.17) is 29.0 Å². The molecule has 0 aliphatic rings. The number of nitrogen functional groups attached to an aromatic ring is 1. The number of aromatic nitrogens is 3. The van der Waals surface area contributed by atoms with Crippen molar-refractivity contribution in [2.24, 2.45) is 5.84 Å². The van der Waals surface area contributed by atoms with Crippen molar-refractivity contribution >= 4 is 51.5 Å². The van der Waals surface area contributed by atoms with Gasteiger partial charge in [-0.2, -0.15) is 18.3 Å². The largest absolute Gasteiger partial charge is 0.435 e. The molecule has 2 heterocycles. The Bertz CT molecular complexity index is 1440. The number of rotatable bonds is 4. The van der Waals surface area contributed by atoms with E-state index in [0.29, 0.717) is 21.5 Å². The third kappa shape index (κ3) is 4.28. The topological polar surface area (TPSA) is 115 Å². The van der Waals surface area contributed by atoms with Crippen LogP contribution in [0.4, 0.5) is 18.9 Å². The summed E-state index contributed by atoms with van der Waals surface area (Å²) in [7, 11) is 0. The maximum Gasteiger partial charge on any atom is 0.435 e. The summed E-state index contributed by atoms with van der Waals surface area (Å²) in [6.07, 6.45) is -3.57. The number of hydrogen-bond donors (Lipinski definition) is 3. The summed E-state index contributed by atoms with van der Waals surface area (Å²) in [6.45, 7) is 0. The van der Waals surface area contributed by atoms with E-state index in [1.165, 1.54) is 24.4 Å². The Hall–Kier alpha value is -3.67. The molecule has 13 heteroatoms. The average Bonchev–Trinajstić information content (AvgIpc) is 3.26. The number of fused-ring (bicyclic) bond motifs is 1. The third-order valence-electron chi connectivity index (χ3n) is 4.77. The van der Waals surface area contributed by atoms with E-state index in [2.05, 4.69) is 15.4 Å². The van der Waals surface area contributed by atoms with Gasteiger partial charge in [0.2, 0.25) is 0 Å². The number of carbonyl (C=O) groups excluding carboxylic acids is 2. The summed E-state index contributed by atoms with van der Waals surface area (Å²) >= 11 is 12.5. The van der Waals surface area contributed by atoms with Crippen molar-refractivity contribution < 1.29 is 22.8 Å². The van der Waals surface area contributed by atoms with Gasteiger partial charge in [-0.25, -0.2) is 15.5 Å². The van der Waals surface area contributed by atoms with Crippen LogP contribution in [-0.2, 0) is 6.18 Å². The third-order valence-corrected chi connectivity index (χ3v) is 5.46. The van der Waals surface area contributed by atoms with Crippen molar-refractivity contribution in [2.75, 3.05) is 5.32 Å². The van der Waals surface area contributed by atoms with Gasteiger partial charge >= 0.3 is 6.18 Å². The van der Waals surface area contributed by atoms with Crippen LogP contribution in [0.25, 0.3) is 16.6 Å². The van der Waals surface area contributed by atoms with Crippen LogP contribution < -0.4 is 16.6 Å². The lowest BCUT2D eigenvalue weighted by Gasteiger charge is -2.15. The highest BCUT2D eigenvalue weighted by Gasteiger charge is 2.37. The van der Waals surface area contributed by atoms with Crippen LogP contribution >= 0.6 is 23.2 Å². The first-order valence-corrected chi connectivity index (χ1v) is 10.2. The Balaban J connectivity index is 1.87. The van der Waals surface area contributed by atoms with Crippen molar-refractivity contribution in [2.45, 2.75) is 6.18 Å². The standard InChI is InChI=1S/C21H13Cl2F3N6O2/c22-13-6-3-7-28-18(13)32-14(9-15(31-32)21(24,25)26)20(34)29-17-12(19(33)30-27)8-10-4-1-2-5-11(10)16(17)23/h1-9H,27H2,(H,29,34)(H,30,33). The zero-order chi connectivity index (χ0) is 24.6. The molecule has 8 nitrogen and oxygen atoms in total. The minimum Gasteiger partial charge on any atom is -0.319 e. The van der Waals surface area contributed by atoms with Crippen LogP contribution in [0.15, 0.2) is 54.7 Å². The van der Waals surface area contributed by atoms with Gasteiger partial charge in [-0.05, 0) is 23.6 Å². The summed E-state index contributed by atoms with van der Waals surface area (Å²) in [5, 5.41) is 6.90. The fourth-order valence-electron chi connectivity index (χ4n) is 3.24. The van der Waals surface area contributed by atoms with Gasteiger partial charge in [0.05, 0.1) is 21.3 Å². The Labute approximate surface area is 199 Å². The van der Waals surface area contributed by atoms with E-state index in [-0.39, 0.29) is 27.1 Å². The number of pyridine rings is 1. The average molecular weight is 509 g/mol. The fourth-order valence-corrected chi connectivity index (χ4v) is 3.76. The Morgan fingerprint density at radius 1 is 1.03 bits per heavy atom. The Morgan fingerprint density at radius 3 is 2.44 bits per heavy atom. The zero-order valence-electron chi connectivity index (χ0n) is 16.8. The number of nitrogens with two attached hydrogens (primary N) is 1. The normalized spacial score (nSPS) is 11.5. The summed E-state index contributed by atoms with van der Waals surface area (Å²) < 4.78 is 40.8. The highest BCUT2D eigenvalue weighted by Crippen LogP contribution is 2.36. The first-order chi connectivity index (χ1) is 16.1. The molecule has 0 unspecified atom stereocenters. The predicted octanol–water partition coefficient (Wildman–Crippen LogP) is 4.60. The van der Waals surface area contributed by atoms with Crippen LogP contribution in [0.5, 0.6) is 0 Å². The number of carbonyl (C=O) groups is 2. The van der Waals surface area contributed by atoms with E-state index in [9.17, 15) is 22.8 Å². The smallest absolute Gasteiger partial charge is 0.319 e. The first-order valence-electron chi connectivity index (χ1n) is 9.43. The SMILES string of the molecule is NNC(=O)c1cc2ccccc2c(Cl)c1NC(=O)c1cc(C(F)(F)F)nn1-c1ncccc1Cl. The molecule has 0 saturated heterocycles. The maximum absolute atomic E-state index is 13.4. The van der Waals surface area contributed by atoms with Crippen LogP contribution in [-0.4, -0.2) is 26.6 Å². The summed E-state index contributed by atoms with van der Waals surface area (Å²) in [5.41, 5.74) is -0.187. The molecule has 0 aliphatic heterocycles. The molecule has 0 fully saturated rings. The van der Waals surface area contributed by atoms with E-state index in [1.54, 1.807) is 24.3 Å². The molecule has 0 radical (unpaired) electrons. The number of halogens is 5. The number of amides is 2. The van der Waals surface area contributed by atoms with Gasteiger partial charge in [0.1, 0.15) is 5.69 Å². The molecule has 0 bridgehead atoms. The minimum atomic E-state index is -4.85. The Morgan fingerprint density at radius 2 is 1.76 bits per heavy atom. The van der Waals surface area contributed by atoms with E-state index < -0.39 is 29.4 Å². The summed E-state index contributed by atoms with van der Waals surface area (Å²) in [5.74, 6) is 3.23. The van der Waals surface area contributed by atoms with E-state index in [1.807, 2.05) is 5.43 Å². The van der Waals surface area contributed by atoms with Crippen LogP contribution in [0.3, 0.4) is 0 Å². The van der Waals surface area contributed by atoms with E-state index in [0.717, 1.165) is 0 Å².